The fourth-order valence-electron chi connectivity index (χ4n) is 1.78. The summed E-state index contributed by atoms with van der Waals surface area (Å²) in [5.74, 6) is 0. The summed E-state index contributed by atoms with van der Waals surface area (Å²) in [6.07, 6.45) is 6.16. The summed E-state index contributed by atoms with van der Waals surface area (Å²) in [5.41, 5.74) is 7.27. The summed E-state index contributed by atoms with van der Waals surface area (Å²) in [4.78, 5) is 5.35. The fraction of sp³-hybridized carbons (Fsp3) is 0.667. The molecule has 3 N–H and O–H groups in total. The van der Waals surface area contributed by atoms with Gasteiger partial charge in [-0.15, -0.1) is 0 Å². The molecule has 0 saturated carbocycles. The average molecular weight is 209 g/mol. The third kappa shape index (κ3) is 4.06. The minimum atomic E-state index is -0.0788. The van der Waals surface area contributed by atoms with Gasteiger partial charge in [-0.2, -0.15) is 0 Å². The van der Waals surface area contributed by atoms with Crippen molar-refractivity contribution in [1.29, 1.82) is 0 Å². The minimum absolute atomic E-state index is 0.0788. The molecule has 0 aliphatic carbocycles. The number of aromatic amines is 1. The third-order valence-electron chi connectivity index (χ3n) is 2.69. The van der Waals surface area contributed by atoms with Crippen LogP contribution in [0.1, 0.15) is 38.3 Å². The lowest BCUT2D eigenvalue weighted by atomic mass is 9.94. The molecular weight excluding hydrogens is 186 g/mol. The molecule has 0 bridgehead atoms. The number of hydrogen-bond acceptors (Lipinski definition) is 2. The lowest BCUT2D eigenvalue weighted by molar-refractivity contribution is 0.262. The van der Waals surface area contributed by atoms with Crippen molar-refractivity contribution in [1.82, 2.24) is 9.88 Å². The Hall–Kier alpha value is -0.800. The van der Waals surface area contributed by atoms with Crippen molar-refractivity contribution >= 4 is 0 Å². The van der Waals surface area contributed by atoms with Crippen LogP contribution in [0.15, 0.2) is 18.5 Å². The van der Waals surface area contributed by atoms with E-state index in [-0.39, 0.29) is 5.54 Å². The molecule has 1 atom stereocenters. The number of H-pyrrole nitrogens is 1. The van der Waals surface area contributed by atoms with Crippen molar-refractivity contribution in [2.45, 2.75) is 38.3 Å². The topological polar surface area (TPSA) is 45.0 Å². The number of nitrogens with zero attached hydrogens (tertiary/aromatic N) is 1. The van der Waals surface area contributed by atoms with Gasteiger partial charge in [-0.1, -0.05) is 0 Å². The lowest BCUT2D eigenvalue weighted by Crippen LogP contribution is -2.33. The van der Waals surface area contributed by atoms with Crippen molar-refractivity contribution in [3.63, 3.8) is 0 Å². The maximum atomic E-state index is 6.01. The van der Waals surface area contributed by atoms with Gasteiger partial charge in [0.2, 0.25) is 0 Å². The Morgan fingerprint density at radius 1 is 1.47 bits per heavy atom. The highest BCUT2D eigenvalue weighted by Gasteiger charge is 2.18. The molecule has 0 spiro atoms. The SMILES string of the molecule is CN(C)C(CCC(C)(C)N)c1cc[nH]c1. The van der Waals surface area contributed by atoms with E-state index < -0.39 is 0 Å². The van der Waals surface area contributed by atoms with Crippen LogP contribution in [-0.2, 0) is 0 Å². The molecule has 0 radical (unpaired) electrons. The summed E-state index contributed by atoms with van der Waals surface area (Å²) >= 11 is 0. The molecule has 0 aliphatic heterocycles. The molecule has 1 heterocycles. The van der Waals surface area contributed by atoms with E-state index in [2.05, 4.69) is 50.1 Å². The Kier molecular flexibility index (Phi) is 3.94. The van der Waals surface area contributed by atoms with Crippen LogP contribution in [0.3, 0.4) is 0 Å². The first kappa shape index (κ1) is 12.3. The Bertz CT molecular complexity index is 270. The van der Waals surface area contributed by atoms with E-state index in [4.69, 9.17) is 5.73 Å². The molecule has 1 rings (SSSR count). The molecule has 0 fully saturated rings. The van der Waals surface area contributed by atoms with E-state index in [9.17, 15) is 0 Å². The smallest absolute Gasteiger partial charge is 0.0357 e. The van der Waals surface area contributed by atoms with Crippen LogP contribution in [0.4, 0.5) is 0 Å². The summed E-state index contributed by atoms with van der Waals surface area (Å²) in [6, 6.07) is 2.59. The van der Waals surface area contributed by atoms with Crippen molar-refractivity contribution in [3.8, 4) is 0 Å². The number of nitrogens with one attached hydrogen (secondary N) is 1. The molecule has 15 heavy (non-hydrogen) atoms. The third-order valence-corrected chi connectivity index (χ3v) is 2.69. The van der Waals surface area contributed by atoms with Gasteiger partial charge >= 0.3 is 0 Å². The molecule has 0 saturated heterocycles. The van der Waals surface area contributed by atoms with Gasteiger partial charge in [0.05, 0.1) is 0 Å². The van der Waals surface area contributed by atoms with Crippen LogP contribution in [0, 0.1) is 0 Å². The number of rotatable bonds is 5. The van der Waals surface area contributed by atoms with Crippen molar-refractivity contribution in [3.05, 3.63) is 24.0 Å². The van der Waals surface area contributed by atoms with E-state index in [1.165, 1.54) is 5.56 Å². The number of nitrogens with two attached hydrogens (primary N) is 1. The van der Waals surface area contributed by atoms with Crippen LogP contribution >= 0.6 is 0 Å². The Balaban J connectivity index is 2.61. The van der Waals surface area contributed by atoms with Gasteiger partial charge in [0.15, 0.2) is 0 Å². The molecular formula is C12H23N3. The molecule has 0 amide bonds. The highest BCUT2D eigenvalue weighted by atomic mass is 15.1. The highest BCUT2D eigenvalue weighted by Crippen LogP contribution is 2.25. The van der Waals surface area contributed by atoms with Crippen molar-refractivity contribution in [2.24, 2.45) is 5.73 Å². The zero-order chi connectivity index (χ0) is 11.5. The summed E-state index contributed by atoms with van der Waals surface area (Å²) in [5, 5.41) is 0. The van der Waals surface area contributed by atoms with Crippen molar-refractivity contribution in [2.75, 3.05) is 14.1 Å². The molecule has 0 aliphatic rings. The second-order valence-corrected chi connectivity index (χ2v) is 5.15. The molecule has 1 aromatic heterocycles. The van der Waals surface area contributed by atoms with E-state index in [1.54, 1.807) is 0 Å². The maximum Gasteiger partial charge on any atom is 0.0357 e. The predicted octanol–water partition coefficient (Wildman–Crippen LogP) is 2.13. The first-order valence-corrected chi connectivity index (χ1v) is 5.48. The van der Waals surface area contributed by atoms with Gasteiger partial charge in [-0.05, 0) is 52.4 Å². The zero-order valence-electron chi connectivity index (χ0n) is 10.2. The average Bonchev–Trinajstić information content (AvgIpc) is 2.54. The van der Waals surface area contributed by atoms with Crippen LogP contribution < -0.4 is 5.73 Å². The second-order valence-electron chi connectivity index (χ2n) is 5.15. The summed E-state index contributed by atoms with van der Waals surface area (Å²) in [7, 11) is 4.22. The first-order chi connectivity index (χ1) is 6.90. The Morgan fingerprint density at radius 3 is 2.53 bits per heavy atom. The molecule has 1 aromatic rings. The first-order valence-electron chi connectivity index (χ1n) is 5.48. The largest absolute Gasteiger partial charge is 0.367 e. The van der Waals surface area contributed by atoms with Gasteiger partial charge < -0.3 is 15.6 Å². The predicted molar refractivity (Wildman–Crippen MR) is 64.7 cm³/mol. The normalized spacial score (nSPS) is 14.5. The van der Waals surface area contributed by atoms with Crippen molar-refractivity contribution < 1.29 is 0 Å². The van der Waals surface area contributed by atoms with E-state index in [0.29, 0.717) is 6.04 Å². The van der Waals surface area contributed by atoms with Gasteiger partial charge in [0, 0.05) is 24.0 Å². The zero-order valence-corrected chi connectivity index (χ0v) is 10.2. The van der Waals surface area contributed by atoms with Gasteiger partial charge in [0.1, 0.15) is 0 Å². The fourth-order valence-corrected chi connectivity index (χ4v) is 1.78. The standard InChI is InChI=1S/C12H23N3/c1-12(2,13)7-5-11(15(3)4)10-6-8-14-9-10/h6,8-9,11,14H,5,7,13H2,1-4H3. The molecule has 3 nitrogen and oxygen atoms in total. The number of hydrogen-bond donors (Lipinski definition) is 2. The van der Waals surface area contributed by atoms with E-state index >= 15 is 0 Å². The van der Waals surface area contributed by atoms with Crippen LogP contribution in [-0.4, -0.2) is 29.5 Å². The Labute approximate surface area is 92.7 Å². The van der Waals surface area contributed by atoms with E-state index in [1.807, 2.05) is 6.20 Å². The van der Waals surface area contributed by atoms with Gasteiger partial charge in [-0.3, -0.25) is 0 Å². The van der Waals surface area contributed by atoms with Crippen LogP contribution in [0.25, 0.3) is 0 Å². The van der Waals surface area contributed by atoms with Gasteiger partial charge in [0.25, 0.3) is 0 Å². The molecule has 86 valence electrons. The quantitative estimate of drug-likeness (QED) is 0.780. The van der Waals surface area contributed by atoms with Crippen LogP contribution in [0.2, 0.25) is 0 Å². The van der Waals surface area contributed by atoms with Gasteiger partial charge in [-0.25, -0.2) is 0 Å². The minimum Gasteiger partial charge on any atom is -0.367 e. The molecule has 1 unspecified atom stereocenters. The molecule has 0 aromatic carbocycles. The lowest BCUT2D eigenvalue weighted by Gasteiger charge is -2.27. The summed E-state index contributed by atoms with van der Waals surface area (Å²) < 4.78 is 0. The van der Waals surface area contributed by atoms with Crippen LogP contribution in [0.5, 0.6) is 0 Å². The number of aromatic nitrogens is 1. The highest BCUT2D eigenvalue weighted by molar-refractivity contribution is 5.13. The van der Waals surface area contributed by atoms with E-state index in [0.717, 1.165) is 12.8 Å². The monoisotopic (exact) mass is 209 g/mol. The second kappa shape index (κ2) is 4.81. The maximum absolute atomic E-state index is 6.01. The summed E-state index contributed by atoms with van der Waals surface area (Å²) in [6.45, 7) is 4.16. The Morgan fingerprint density at radius 2 is 2.13 bits per heavy atom. The molecule has 3 heteroatoms.